The summed E-state index contributed by atoms with van der Waals surface area (Å²) in [6, 6.07) is 21.8. The summed E-state index contributed by atoms with van der Waals surface area (Å²) in [6.45, 7) is 2.08. The number of hydrogen-bond acceptors (Lipinski definition) is 4. The highest BCUT2D eigenvalue weighted by atomic mass is 35.5. The lowest BCUT2D eigenvalue weighted by molar-refractivity contribution is 0.223. The molecule has 0 radical (unpaired) electrons. The molecule has 0 unspecified atom stereocenters. The molecular weight excluding hydrogens is 443 g/mol. The molecule has 0 bridgehead atoms. The minimum atomic E-state index is -0.430. The van der Waals surface area contributed by atoms with E-state index in [2.05, 4.69) is 52.7 Å². The van der Waals surface area contributed by atoms with E-state index in [1.807, 2.05) is 35.0 Å². The molecule has 3 heterocycles. The molecular formula is C25H18Cl2N4O. The third-order valence-corrected chi connectivity index (χ3v) is 6.52. The van der Waals surface area contributed by atoms with E-state index < -0.39 is 6.10 Å². The zero-order valence-corrected chi connectivity index (χ0v) is 18.6. The molecule has 5 nitrogen and oxygen atoms in total. The lowest BCUT2D eigenvalue weighted by atomic mass is 9.84. The first-order chi connectivity index (χ1) is 15.6. The number of aryl methyl sites for hydroxylation is 1. The standard InChI is InChI=1S/C25H18Cl2N4O/c1-14-6-8-15(9-7-14)23-21-22(30-25-28-13-29-31(23)25)18-4-2-3-5-20(18)32-24(21)17-11-10-16(26)12-19(17)27/h2-13,23-24H,1H3,(H,28,29,30)/t23-,24-/m0/s1. The van der Waals surface area contributed by atoms with Crippen LogP contribution in [0.15, 0.2) is 78.6 Å². The van der Waals surface area contributed by atoms with E-state index in [9.17, 15) is 0 Å². The summed E-state index contributed by atoms with van der Waals surface area (Å²) in [5.41, 5.74) is 6.10. The number of ether oxygens (including phenoxy) is 1. The number of halogens is 2. The van der Waals surface area contributed by atoms with Gasteiger partial charge in [-0.2, -0.15) is 10.1 Å². The van der Waals surface area contributed by atoms with Crippen LogP contribution in [0.2, 0.25) is 10.0 Å². The van der Waals surface area contributed by atoms with Crippen LogP contribution < -0.4 is 10.1 Å². The number of rotatable bonds is 2. The Hall–Kier alpha value is -3.28. The number of anilines is 1. The maximum absolute atomic E-state index is 6.67. The molecule has 2 aliphatic heterocycles. The third kappa shape index (κ3) is 3.00. The Bertz CT molecular complexity index is 1380. The fraction of sp³-hybridized carbons (Fsp3) is 0.120. The smallest absolute Gasteiger partial charge is 0.226 e. The molecule has 1 N–H and O–H groups in total. The second-order valence-corrected chi connectivity index (χ2v) is 8.80. The number of fused-ring (bicyclic) bond motifs is 3. The van der Waals surface area contributed by atoms with E-state index in [0.29, 0.717) is 16.0 Å². The lowest BCUT2D eigenvalue weighted by Crippen LogP contribution is -2.32. The molecule has 0 aliphatic carbocycles. The molecule has 2 atom stereocenters. The van der Waals surface area contributed by atoms with Gasteiger partial charge in [-0.15, -0.1) is 0 Å². The Morgan fingerprint density at radius 2 is 1.81 bits per heavy atom. The Morgan fingerprint density at radius 1 is 1.00 bits per heavy atom. The molecule has 0 spiro atoms. The van der Waals surface area contributed by atoms with Crippen molar-refractivity contribution in [3.8, 4) is 5.75 Å². The van der Waals surface area contributed by atoms with Crippen LogP contribution in [0.1, 0.15) is 34.4 Å². The van der Waals surface area contributed by atoms with Gasteiger partial charge in [0, 0.05) is 26.7 Å². The number of nitrogens with one attached hydrogen (secondary N) is 1. The molecule has 0 saturated heterocycles. The first-order valence-electron chi connectivity index (χ1n) is 10.3. The van der Waals surface area contributed by atoms with Gasteiger partial charge in [-0.25, -0.2) is 4.68 Å². The van der Waals surface area contributed by atoms with Crippen molar-refractivity contribution < 1.29 is 4.74 Å². The van der Waals surface area contributed by atoms with Gasteiger partial charge in [0.15, 0.2) is 6.10 Å². The second-order valence-electron chi connectivity index (χ2n) is 7.96. The van der Waals surface area contributed by atoms with Crippen molar-refractivity contribution >= 4 is 34.8 Å². The Kier molecular flexibility index (Phi) is 4.49. The summed E-state index contributed by atoms with van der Waals surface area (Å²) < 4.78 is 8.49. The van der Waals surface area contributed by atoms with Crippen LogP contribution in [-0.4, -0.2) is 14.8 Å². The van der Waals surface area contributed by atoms with E-state index in [-0.39, 0.29) is 6.04 Å². The monoisotopic (exact) mass is 460 g/mol. The summed E-state index contributed by atoms with van der Waals surface area (Å²) in [7, 11) is 0. The van der Waals surface area contributed by atoms with Gasteiger partial charge in [-0.05, 0) is 36.8 Å². The quantitative estimate of drug-likeness (QED) is 0.373. The van der Waals surface area contributed by atoms with Crippen molar-refractivity contribution in [3.63, 3.8) is 0 Å². The van der Waals surface area contributed by atoms with Crippen LogP contribution in [0.4, 0.5) is 5.95 Å². The fourth-order valence-electron chi connectivity index (χ4n) is 4.46. The van der Waals surface area contributed by atoms with Crippen LogP contribution in [0.3, 0.4) is 0 Å². The van der Waals surface area contributed by atoms with Crippen LogP contribution in [0, 0.1) is 6.92 Å². The number of nitrogens with zero attached hydrogens (tertiary/aromatic N) is 3. The number of hydrogen-bond donors (Lipinski definition) is 1. The highest BCUT2D eigenvalue weighted by Gasteiger charge is 2.41. The molecule has 2 aliphatic rings. The van der Waals surface area contributed by atoms with Gasteiger partial charge in [-0.3, -0.25) is 0 Å². The van der Waals surface area contributed by atoms with Gasteiger partial charge in [0.25, 0.3) is 0 Å². The summed E-state index contributed by atoms with van der Waals surface area (Å²) in [6.07, 6.45) is 1.14. The molecule has 158 valence electrons. The molecule has 6 rings (SSSR count). The van der Waals surface area contributed by atoms with Crippen LogP contribution in [0.5, 0.6) is 5.75 Å². The van der Waals surface area contributed by atoms with Crippen LogP contribution >= 0.6 is 23.2 Å². The average molecular weight is 461 g/mol. The zero-order valence-electron chi connectivity index (χ0n) is 17.1. The maximum Gasteiger partial charge on any atom is 0.226 e. The molecule has 0 fully saturated rings. The topological polar surface area (TPSA) is 52.0 Å². The minimum Gasteiger partial charge on any atom is -0.480 e. The predicted octanol–water partition coefficient (Wildman–Crippen LogP) is 6.45. The summed E-state index contributed by atoms with van der Waals surface area (Å²) in [4.78, 5) is 4.46. The van der Waals surface area contributed by atoms with Gasteiger partial charge < -0.3 is 10.1 Å². The zero-order chi connectivity index (χ0) is 21.8. The SMILES string of the molecule is Cc1ccc([C@H]2C3=C(Nc4ncnn42)c2ccccc2O[C@H]3c2ccc(Cl)cc2Cl)cc1. The Labute approximate surface area is 195 Å². The van der Waals surface area contributed by atoms with Crippen molar-refractivity contribution in [1.82, 2.24) is 14.8 Å². The molecule has 3 aromatic carbocycles. The van der Waals surface area contributed by atoms with Crippen molar-refractivity contribution in [3.05, 3.63) is 111 Å². The first-order valence-corrected chi connectivity index (χ1v) is 11.0. The molecule has 0 saturated carbocycles. The van der Waals surface area contributed by atoms with E-state index >= 15 is 0 Å². The fourth-order valence-corrected chi connectivity index (χ4v) is 4.97. The van der Waals surface area contributed by atoms with E-state index in [4.69, 9.17) is 27.9 Å². The number of benzene rings is 3. The van der Waals surface area contributed by atoms with Gasteiger partial charge >= 0.3 is 0 Å². The highest BCUT2D eigenvalue weighted by molar-refractivity contribution is 6.35. The van der Waals surface area contributed by atoms with Crippen molar-refractivity contribution in [2.45, 2.75) is 19.1 Å². The molecule has 4 aromatic rings. The highest BCUT2D eigenvalue weighted by Crippen LogP contribution is 2.51. The van der Waals surface area contributed by atoms with Crippen molar-refractivity contribution in [2.24, 2.45) is 0 Å². The van der Waals surface area contributed by atoms with E-state index in [1.54, 1.807) is 12.4 Å². The largest absolute Gasteiger partial charge is 0.480 e. The predicted molar refractivity (Wildman–Crippen MR) is 126 cm³/mol. The summed E-state index contributed by atoms with van der Waals surface area (Å²) in [5, 5.41) is 9.18. The summed E-state index contributed by atoms with van der Waals surface area (Å²) in [5.74, 6) is 1.47. The second kappa shape index (κ2) is 7.40. The van der Waals surface area contributed by atoms with Gasteiger partial charge in [0.1, 0.15) is 18.1 Å². The number of para-hydroxylation sites is 1. The summed E-state index contributed by atoms with van der Waals surface area (Å²) >= 11 is 12.9. The minimum absolute atomic E-state index is 0.213. The Balaban J connectivity index is 1.64. The maximum atomic E-state index is 6.67. The van der Waals surface area contributed by atoms with Gasteiger partial charge in [-0.1, -0.05) is 71.2 Å². The third-order valence-electron chi connectivity index (χ3n) is 5.96. The average Bonchev–Trinajstić information content (AvgIpc) is 3.26. The molecule has 0 amide bonds. The first kappa shape index (κ1) is 19.4. The number of aromatic nitrogens is 3. The van der Waals surface area contributed by atoms with Crippen molar-refractivity contribution in [1.29, 1.82) is 0 Å². The molecule has 32 heavy (non-hydrogen) atoms. The van der Waals surface area contributed by atoms with Crippen LogP contribution in [-0.2, 0) is 0 Å². The Morgan fingerprint density at radius 3 is 2.62 bits per heavy atom. The van der Waals surface area contributed by atoms with E-state index in [0.717, 1.165) is 33.7 Å². The lowest BCUT2D eigenvalue weighted by Gasteiger charge is -2.39. The van der Waals surface area contributed by atoms with Crippen LogP contribution in [0.25, 0.3) is 5.70 Å². The molecule has 1 aromatic heterocycles. The van der Waals surface area contributed by atoms with Gasteiger partial charge in [0.05, 0.1) is 5.70 Å². The van der Waals surface area contributed by atoms with E-state index in [1.165, 1.54) is 5.56 Å². The molecule has 7 heteroatoms. The van der Waals surface area contributed by atoms with Gasteiger partial charge in [0.2, 0.25) is 5.95 Å². The normalized spacial score (nSPS) is 18.8. The van der Waals surface area contributed by atoms with Crippen molar-refractivity contribution in [2.75, 3.05) is 5.32 Å².